The number of benzene rings is 1. The van der Waals surface area contributed by atoms with E-state index in [-0.39, 0.29) is 29.7 Å². The summed E-state index contributed by atoms with van der Waals surface area (Å²) >= 11 is 0. The summed E-state index contributed by atoms with van der Waals surface area (Å²) < 4.78 is 0. The summed E-state index contributed by atoms with van der Waals surface area (Å²) in [6, 6.07) is 9.97. The van der Waals surface area contributed by atoms with E-state index in [0.29, 0.717) is 58.0 Å². The van der Waals surface area contributed by atoms with E-state index < -0.39 is 5.54 Å². The van der Waals surface area contributed by atoms with E-state index in [1.165, 1.54) is 0 Å². The van der Waals surface area contributed by atoms with Gasteiger partial charge in [-0.15, -0.1) is 0 Å². The average molecular weight is 485 g/mol. The third-order valence-electron chi connectivity index (χ3n) is 7.45. The molecule has 3 amide bonds. The molecule has 2 aliphatic heterocycles. The number of anilines is 1. The van der Waals surface area contributed by atoms with Crippen molar-refractivity contribution in [2.45, 2.75) is 72.8 Å². The lowest BCUT2D eigenvalue weighted by Gasteiger charge is -2.43. The van der Waals surface area contributed by atoms with Crippen LogP contribution < -0.4 is 4.90 Å². The van der Waals surface area contributed by atoms with Crippen LogP contribution in [0.1, 0.15) is 67.2 Å². The summed E-state index contributed by atoms with van der Waals surface area (Å²) in [6.07, 6.45) is 2.71. The molecule has 2 saturated heterocycles. The molecule has 35 heavy (non-hydrogen) atoms. The van der Waals surface area contributed by atoms with Gasteiger partial charge in [-0.05, 0) is 56.6 Å². The second-order valence-corrected chi connectivity index (χ2v) is 11.5. The monoisotopic (exact) mass is 484 g/mol. The number of hydrogen-bond donors (Lipinski definition) is 0. The highest BCUT2D eigenvalue weighted by Gasteiger charge is 2.54. The first-order chi connectivity index (χ1) is 16.5. The van der Waals surface area contributed by atoms with Crippen molar-refractivity contribution in [3.8, 4) is 0 Å². The van der Waals surface area contributed by atoms with Crippen LogP contribution in [-0.4, -0.2) is 77.4 Å². The van der Waals surface area contributed by atoms with Crippen LogP contribution in [0.5, 0.6) is 0 Å². The molecule has 0 N–H and O–H groups in total. The van der Waals surface area contributed by atoms with Gasteiger partial charge in [-0.1, -0.05) is 45.9 Å². The molecule has 1 unspecified atom stereocenters. The Kier molecular flexibility index (Phi) is 8.50. The zero-order valence-electron chi connectivity index (χ0n) is 22.5. The minimum atomic E-state index is -0.710. The molecule has 2 aliphatic rings. The summed E-state index contributed by atoms with van der Waals surface area (Å²) in [7, 11) is 0. The number of hydrogen-bond acceptors (Lipinski definition) is 4. The van der Waals surface area contributed by atoms with Crippen molar-refractivity contribution in [3.05, 3.63) is 30.3 Å². The fourth-order valence-electron chi connectivity index (χ4n) is 5.83. The van der Waals surface area contributed by atoms with Gasteiger partial charge in [-0.2, -0.15) is 0 Å². The van der Waals surface area contributed by atoms with Crippen LogP contribution in [0.2, 0.25) is 0 Å². The molecule has 0 aliphatic carbocycles. The molecule has 0 radical (unpaired) electrons. The van der Waals surface area contributed by atoms with Gasteiger partial charge in [0.2, 0.25) is 11.8 Å². The molecule has 1 aromatic carbocycles. The summed E-state index contributed by atoms with van der Waals surface area (Å²) in [5.74, 6) is 0.500. The summed E-state index contributed by atoms with van der Waals surface area (Å²) in [5.41, 5.74) is 0.472. The van der Waals surface area contributed by atoms with Crippen molar-refractivity contribution in [1.29, 1.82) is 0 Å². The van der Waals surface area contributed by atoms with E-state index >= 15 is 0 Å². The summed E-state index contributed by atoms with van der Waals surface area (Å²) in [5, 5.41) is 0. The molecule has 2 fully saturated rings. The minimum Gasteiger partial charge on any atom is -0.342 e. The maximum Gasteiger partial charge on any atom is 0.250 e. The number of nitrogens with zero attached hydrogens (tertiary/aromatic N) is 4. The SMILES string of the molecule is CCN(CC)C(=O)CN1CN(c2ccccc2)C2(CCN(C(=O)CC(C)CC(C)(C)C)CC2)C1=O. The van der Waals surface area contributed by atoms with E-state index in [0.717, 1.165) is 12.1 Å². The maximum absolute atomic E-state index is 13.8. The van der Waals surface area contributed by atoms with Gasteiger partial charge < -0.3 is 19.6 Å². The zero-order valence-corrected chi connectivity index (χ0v) is 22.5. The first kappa shape index (κ1) is 27.0. The molecule has 1 atom stereocenters. The molecule has 3 rings (SSSR count). The van der Waals surface area contributed by atoms with Crippen molar-refractivity contribution < 1.29 is 14.4 Å². The number of carbonyl (C=O) groups excluding carboxylic acids is 3. The van der Waals surface area contributed by atoms with Crippen molar-refractivity contribution in [3.63, 3.8) is 0 Å². The van der Waals surface area contributed by atoms with Crippen LogP contribution in [0, 0.1) is 11.3 Å². The lowest BCUT2D eigenvalue weighted by molar-refractivity contribution is -0.142. The second kappa shape index (κ2) is 11.0. The lowest BCUT2D eigenvalue weighted by atomic mass is 9.83. The van der Waals surface area contributed by atoms with Gasteiger partial charge in [-0.25, -0.2) is 0 Å². The molecule has 0 bridgehead atoms. The van der Waals surface area contributed by atoms with E-state index in [4.69, 9.17) is 0 Å². The number of carbonyl (C=O) groups is 3. The Labute approximate surface area is 211 Å². The van der Waals surface area contributed by atoms with Crippen LogP contribution in [0.15, 0.2) is 30.3 Å². The number of likely N-dealkylation sites (N-methyl/N-ethyl adjacent to an activating group) is 1. The Hall–Kier alpha value is -2.57. The normalized spacial score (nSPS) is 18.8. The number of amides is 3. The van der Waals surface area contributed by atoms with Crippen molar-refractivity contribution >= 4 is 23.4 Å². The highest BCUT2D eigenvalue weighted by atomic mass is 16.2. The Morgan fingerprint density at radius 1 is 1.06 bits per heavy atom. The van der Waals surface area contributed by atoms with Crippen molar-refractivity contribution in [2.75, 3.05) is 44.3 Å². The largest absolute Gasteiger partial charge is 0.342 e. The molecule has 1 spiro atoms. The minimum absolute atomic E-state index is 0.00931. The van der Waals surface area contributed by atoms with Gasteiger partial charge in [0.05, 0.1) is 6.67 Å². The fourth-order valence-corrected chi connectivity index (χ4v) is 5.83. The molecular weight excluding hydrogens is 440 g/mol. The van der Waals surface area contributed by atoms with Crippen LogP contribution in [-0.2, 0) is 14.4 Å². The van der Waals surface area contributed by atoms with Crippen molar-refractivity contribution in [1.82, 2.24) is 14.7 Å². The number of piperidine rings is 1. The molecular formula is C28H44N4O3. The van der Waals surface area contributed by atoms with E-state index in [1.54, 1.807) is 9.80 Å². The molecule has 1 aromatic rings. The topological polar surface area (TPSA) is 64.2 Å². The van der Waals surface area contributed by atoms with Gasteiger partial charge in [0.25, 0.3) is 5.91 Å². The first-order valence-electron chi connectivity index (χ1n) is 13.2. The van der Waals surface area contributed by atoms with Crippen LogP contribution in [0.25, 0.3) is 0 Å². The molecule has 0 aromatic heterocycles. The highest BCUT2D eigenvalue weighted by molar-refractivity contribution is 5.96. The van der Waals surface area contributed by atoms with E-state index in [9.17, 15) is 14.4 Å². The number of rotatable bonds is 8. The highest BCUT2D eigenvalue weighted by Crippen LogP contribution is 2.39. The Morgan fingerprint density at radius 2 is 1.66 bits per heavy atom. The van der Waals surface area contributed by atoms with E-state index in [1.807, 2.05) is 49.1 Å². The van der Waals surface area contributed by atoms with Crippen LogP contribution in [0.3, 0.4) is 0 Å². The van der Waals surface area contributed by atoms with E-state index in [2.05, 4.69) is 32.6 Å². The quantitative estimate of drug-likeness (QED) is 0.560. The average Bonchev–Trinajstić information content (AvgIpc) is 3.05. The van der Waals surface area contributed by atoms with Gasteiger partial charge in [0.15, 0.2) is 0 Å². The predicted octanol–water partition coefficient (Wildman–Crippen LogP) is 3.98. The van der Waals surface area contributed by atoms with Gasteiger partial charge in [0.1, 0.15) is 12.1 Å². The third-order valence-corrected chi connectivity index (χ3v) is 7.45. The molecule has 2 heterocycles. The second-order valence-electron chi connectivity index (χ2n) is 11.5. The predicted molar refractivity (Wildman–Crippen MR) is 140 cm³/mol. The zero-order chi connectivity index (χ0) is 25.8. The molecule has 0 saturated carbocycles. The van der Waals surface area contributed by atoms with Crippen molar-refractivity contribution in [2.24, 2.45) is 11.3 Å². The molecule has 7 heteroatoms. The first-order valence-corrected chi connectivity index (χ1v) is 13.2. The van der Waals surface area contributed by atoms with Gasteiger partial charge in [-0.3, -0.25) is 14.4 Å². The summed E-state index contributed by atoms with van der Waals surface area (Å²) in [4.78, 5) is 47.3. The molecule has 7 nitrogen and oxygen atoms in total. The standard InChI is InChI=1S/C28H44N4O3/c1-7-29(8-2)25(34)20-31-21-32(23-12-10-9-11-13-23)28(26(31)35)14-16-30(17-15-28)24(33)18-22(3)19-27(4,5)6/h9-13,22H,7-8,14-21H2,1-6H3. The number of likely N-dealkylation sites (tertiary alicyclic amines) is 1. The number of para-hydroxylation sites is 1. The fraction of sp³-hybridized carbons (Fsp3) is 0.679. The third kappa shape index (κ3) is 6.17. The maximum atomic E-state index is 13.8. The van der Waals surface area contributed by atoms with Crippen LogP contribution >= 0.6 is 0 Å². The Balaban J connectivity index is 1.75. The molecule has 194 valence electrons. The lowest BCUT2D eigenvalue weighted by Crippen LogP contribution is -2.57. The smallest absolute Gasteiger partial charge is 0.250 e. The van der Waals surface area contributed by atoms with Gasteiger partial charge in [0, 0.05) is 38.3 Å². The van der Waals surface area contributed by atoms with Gasteiger partial charge >= 0.3 is 0 Å². The Bertz CT molecular complexity index is 883. The summed E-state index contributed by atoms with van der Waals surface area (Å²) in [6.45, 7) is 15.6. The van der Waals surface area contributed by atoms with Crippen LogP contribution in [0.4, 0.5) is 5.69 Å². The Morgan fingerprint density at radius 3 is 2.20 bits per heavy atom.